The summed E-state index contributed by atoms with van der Waals surface area (Å²) < 4.78 is 1.02. The quantitative estimate of drug-likeness (QED) is 0.893. The number of hydrogen-bond donors (Lipinski definition) is 2. The van der Waals surface area contributed by atoms with Crippen molar-refractivity contribution in [2.24, 2.45) is 5.92 Å². The van der Waals surface area contributed by atoms with Crippen LogP contribution in [-0.4, -0.2) is 40.1 Å². The summed E-state index contributed by atoms with van der Waals surface area (Å²) in [5, 5.41) is 12.8. The van der Waals surface area contributed by atoms with Crippen molar-refractivity contribution >= 4 is 39.2 Å². The van der Waals surface area contributed by atoms with E-state index in [1.807, 2.05) is 25.1 Å². The maximum atomic E-state index is 12.1. The highest BCUT2D eigenvalue weighted by Crippen LogP contribution is 2.25. The predicted molar refractivity (Wildman–Crippen MR) is 80.7 cm³/mol. The van der Waals surface area contributed by atoms with Gasteiger partial charge in [-0.05, 0) is 31.5 Å². The molecule has 0 radical (unpaired) electrons. The highest BCUT2D eigenvalue weighted by atomic mass is 32.1. The molecule has 2 aromatic rings. The maximum absolute atomic E-state index is 12.1. The van der Waals surface area contributed by atoms with Crippen molar-refractivity contribution in [3.8, 4) is 0 Å². The number of hydrogen-bond acceptors (Lipinski definition) is 4. The molecular formula is C14H15N3O3S. The maximum Gasteiger partial charge on any atom is 0.321 e. The average molecular weight is 305 g/mol. The van der Waals surface area contributed by atoms with E-state index < -0.39 is 11.9 Å². The Bertz CT molecular complexity index is 713. The molecule has 1 unspecified atom stereocenters. The molecule has 21 heavy (non-hydrogen) atoms. The van der Waals surface area contributed by atoms with Crippen LogP contribution in [0.2, 0.25) is 0 Å². The summed E-state index contributed by atoms with van der Waals surface area (Å²) in [7, 11) is 0. The van der Waals surface area contributed by atoms with Gasteiger partial charge in [-0.25, -0.2) is 9.78 Å². The van der Waals surface area contributed by atoms with Gasteiger partial charge in [-0.2, -0.15) is 0 Å². The van der Waals surface area contributed by atoms with Crippen LogP contribution in [0.5, 0.6) is 0 Å². The molecule has 2 amide bonds. The number of urea groups is 1. The minimum atomic E-state index is -0.841. The fourth-order valence-corrected chi connectivity index (χ4v) is 3.33. The standard InChI is InChI=1S/C14H15N3O3S/c1-8-15-11-3-2-10(6-12(11)21-8)16-14(20)17-5-4-9(7-17)13(18)19/h2-3,6,9H,4-5,7H2,1H3,(H,16,20)(H,18,19). The summed E-state index contributed by atoms with van der Waals surface area (Å²) in [6, 6.07) is 5.32. The van der Waals surface area contributed by atoms with Gasteiger partial charge in [-0.3, -0.25) is 4.79 Å². The number of carboxylic acid groups (broad SMARTS) is 1. The number of carbonyl (C=O) groups is 2. The molecule has 0 spiro atoms. The van der Waals surface area contributed by atoms with Gasteiger partial charge in [0, 0.05) is 18.8 Å². The van der Waals surface area contributed by atoms with Crippen LogP contribution in [0, 0.1) is 12.8 Å². The molecule has 0 bridgehead atoms. The van der Waals surface area contributed by atoms with Gasteiger partial charge in [0.25, 0.3) is 0 Å². The summed E-state index contributed by atoms with van der Waals surface area (Å²) in [6.07, 6.45) is 0.510. The van der Waals surface area contributed by atoms with Crippen molar-refractivity contribution in [3.05, 3.63) is 23.2 Å². The molecule has 1 aliphatic rings. The molecule has 1 fully saturated rings. The van der Waals surface area contributed by atoms with Gasteiger partial charge in [-0.15, -0.1) is 11.3 Å². The average Bonchev–Trinajstić information content (AvgIpc) is 3.03. The molecule has 0 saturated carbocycles. The molecular weight excluding hydrogens is 290 g/mol. The molecule has 6 nitrogen and oxygen atoms in total. The van der Waals surface area contributed by atoms with E-state index in [1.54, 1.807) is 16.2 Å². The third-order valence-corrected chi connectivity index (χ3v) is 4.50. The lowest BCUT2D eigenvalue weighted by Crippen LogP contribution is -2.33. The second-order valence-corrected chi connectivity index (χ2v) is 6.35. The van der Waals surface area contributed by atoms with Crippen LogP contribution >= 0.6 is 11.3 Å². The molecule has 0 aliphatic carbocycles. The van der Waals surface area contributed by atoms with Crippen molar-refractivity contribution in [3.63, 3.8) is 0 Å². The second-order valence-electron chi connectivity index (χ2n) is 5.12. The van der Waals surface area contributed by atoms with Gasteiger partial charge in [-0.1, -0.05) is 0 Å². The van der Waals surface area contributed by atoms with E-state index in [2.05, 4.69) is 10.3 Å². The van der Waals surface area contributed by atoms with Gasteiger partial charge in [0.2, 0.25) is 0 Å². The Hall–Kier alpha value is -2.15. The molecule has 2 N–H and O–H groups in total. The van der Waals surface area contributed by atoms with Crippen LogP contribution in [0.15, 0.2) is 18.2 Å². The number of aromatic nitrogens is 1. The Morgan fingerprint density at radius 3 is 3.00 bits per heavy atom. The minimum Gasteiger partial charge on any atom is -0.481 e. The van der Waals surface area contributed by atoms with E-state index in [0.717, 1.165) is 15.2 Å². The highest BCUT2D eigenvalue weighted by molar-refractivity contribution is 7.18. The number of anilines is 1. The van der Waals surface area contributed by atoms with E-state index in [9.17, 15) is 9.59 Å². The van der Waals surface area contributed by atoms with Crippen molar-refractivity contribution in [2.75, 3.05) is 18.4 Å². The molecule has 1 aromatic carbocycles. The monoisotopic (exact) mass is 305 g/mol. The number of rotatable bonds is 2. The lowest BCUT2D eigenvalue weighted by atomic mass is 10.1. The van der Waals surface area contributed by atoms with Crippen LogP contribution in [0.3, 0.4) is 0 Å². The summed E-state index contributed by atoms with van der Waals surface area (Å²) >= 11 is 1.58. The topological polar surface area (TPSA) is 82.5 Å². The van der Waals surface area contributed by atoms with Gasteiger partial charge in [0.15, 0.2) is 0 Å². The number of amides is 2. The molecule has 1 atom stereocenters. The normalized spacial score (nSPS) is 18.1. The van der Waals surface area contributed by atoms with Crippen LogP contribution in [0.25, 0.3) is 10.2 Å². The first-order valence-electron chi connectivity index (χ1n) is 6.69. The van der Waals surface area contributed by atoms with Crippen molar-refractivity contribution < 1.29 is 14.7 Å². The van der Waals surface area contributed by atoms with Crippen molar-refractivity contribution in [1.29, 1.82) is 0 Å². The third kappa shape index (κ3) is 2.82. The zero-order valence-electron chi connectivity index (χ0n) is 11.5. The lowest BCUT2D eigenvalue weighted by Gasteiger charge is -2.16. The van der Waals surface area contributed by atoms with E-state index in [0.29, 0.717) is 18.7 Å². The van der Waals surface area contributed by atoms with Crippen molar-refractivity contribution in [2.45, 2.75) is 13.3 Å². The van der Waals surface area contributed by atoms with E-state index in [4.69, 9.17) is 5.11 Å². The van der Waals surface area contributed by atoms with Crippen LogP contribution < -0.4 is 5.32 Å². The summed E-state index contributed by atoms with van der Waals surface area (Å²) in [6.45, 7) is 2.69. The first-order valence-corrected chi connectivity index (χ1v) is 7.50. The fourth-order valence-electron chi connectivity index (χ4n) is 2.47. The number of nitrogens with zero attached hydrogens (tertiary/aromatic N) is 2. The number of carboxylic acids is 1. The zero-order valence-corrected chi connectivity index (χ0v) is 12.3. The first-order chi connectivity index (χ1) is 10.0. The number of carbonyl (C=O) groups excluding carboxylic acids is 1. The second kappa shape index (κ2) is 5.33. The number of aryl methyl sites for hydroxylation is 1. The van der Waals surface area contributed by atoms with Gasteiger partial charge in [0.05, 0.1) is 21.1 Å². The minimum absolute atomic E-state index is 0.251. The molecule has 1 aromatic heterocycles. The van der Waals surface area contributed by atoms with Crippen LogP contribution in [0.4, 0.5) is 10.5 Å². The van der Waals surface area contributed by atoms with E-state index >= 15 is 0 Å². The fraction of sp³-hybridized carbons (Fsp3) is 0.357. The molecule has 2 heterocycles. The molecule has 110 valence electrons. The first kappa shape index (κ1) is 13.8. The molecule has 1 saturated heterocycles. The summed E-state index contributed by atoms with van der Waals surface area (Å²) in [5.41, 5.74) is 1.62. The Morgan fingerprint density at radius 2 is 2.29 bits per heavy atom. The molecule has 1 aliphatic heterocycles. The summed E-state index contributed by atoms with van der Waals surface area (Å²) in [4.78, 5) is 29.0. The number of likely N-dealkylation sites (tertiary alicyclic amines) is 1. The number of nitrogens with one attached hydrogen (secondary N) is 1. The Morgan fingerprint density at radius 1 is 1.48 bits per heavy atom. The van der Waals surface area contributed by atoms with Crippen LogP contribution in [0.1, 0.15) is 11.4 Å². The molecule has 3 rings (SSSR count). The summed E-state index contributed by atoms with van der Waals surface area (Å²) in [5.74, 6) is -1.30. The van der Waals surface area contributed by atoms with E-state index in [1.165, 1.54) is 0 Å². The van der Waals surface area contributed by atoms with Gasteiger partial charge >= 0.3 is 12.0 Å². The number of aliphatic carboxylic acids is 1. The Labute approximate surface area is 125 Å². The van der Waals surface area contributed by atoms with Gasteiger partial charge < -0.3 is 15.3 Å². The SMILES string of the molecule is Cc1nc2ccc(NC(=O)N3CCC(C(=O)O)C3)cc2s1. The largest absolute Gasteiger partial charge is 0.481 e. The number of fused-ring (bicyclic) bond motifs is 1. The smallest absolute Gasteiger partial charge is 0.321 e. The lowest BCUT2D eigenvalue weighted by molar-refractivity contribution is -0.141. The highest BCUT2D eigenvalue weighted by Gasteiger charge is 2.30. The third-order valence-electron chi connectivity index (χ3n) is 3.57. The van der Waals surface area contributed by atoms with Gasteiger partial charge in [0.1, 0.15) is 0 Å². The molecule has 7 heteroatoms. The zero-order chi connectivity index (χ0) is 15.0. The number of benzene rings is 1. The van der Waals surface area contributed by atoms with Crippen molar-refractivity contribution in [1.82, 2.24) is 9.88 Å². The number of thiazole rings is 1. The Balaban J connectivity index is 1.70. The van der Waals surface area contributed by atoms with Crippen LogP contribution in [-0.2, 0) is 4.79 Å². The van der Waals surface area contributed by atoms with E-state index in [-0.39, 0.29) is 12.6 Å². The predicted octanol–water partition coefficient (Wildman–Crippen LogP) is 2.54. The Kier molecular flexibility index (Phi) is 3.50.